The zero-order chi connectivity index (χ0) is 18.5. The van der Waals surface area contributed by atoms with Gasteiger partial charge in [-0.1, -0.05) is 11.6 Å². The van der Waals surface area contributed by atoms with E-state index in [4.69, 9.17) is 11.6 Å². The molecule has 0 aliphatic rings. The molecule has 1 rings (SSSR count). The van der Waals surface area contributed by atoms with Crippen LogP contribution >= 0.6 is 11.6 Å². The first kappa shape index (κ1) is 19.6. The summed E-state index contributed by atoms with van der Waals surface area (Å²) in [4.78, 5) is 33.7. The average molecular weight is 355 g/mol. The Hall–Kier alpha value is -2.48. The Labute approximate surface area is 144 Å². The fourth-order valence-electron chi connectivity index (χ4n) is 1.74. The number of amides is 2. The first-order valence-electron chi connectivity index (χ1n) is 7.08. The van der Waals surface area contributed by atoms with Crippen LogP contribution in [0.5, 0.6) is 0 Å². The predicted octanol–water partition coefficient (Wildman–Crippen LogP) is 2.66. The Morgan fingerprint density at radius 3 is 2.46 bits per heavy atom. The van der Waals surface area contributed by atoms with Gasteiger partial charge in [0.2, 0.25) is 5.91 Å². The molecule has 130 valence electrons. The molecule has 0 fully saturated rings. The lowest BCUT2D eigenvalue weighted by Crippen LogP contribution is -2.41. The summed E-state index contributed by atoms with van der Waals surface area (Å²) in [5.41, 5.74) is 2.19. The van der Waals surface area contributed by atoms with Crippen molar-refractivity contribution in [2.75, 3.05) is 0 Å². The standard InChI is InChI=1S/C15H19ClN4O4/c1-9(7-13(21)17-15(2,3)4)18-19-14(22)10-5-6-12(20(23)24)11(16)8-10/h5-6,8H,7H2,1-4H3,(H,17,21)(H,19,22)/b18-9+. The monoisotopic (exact) mass is 354 g/mol. The number of hydrogen-bond donors (Lipinski definition) is 2. The number of rotatable bonds is 5. The molecular formula is C15H19ClN4O4. The first-order valence-corrected chi connectivity index (χ1v) is 7.46. The van der Waals surface area contributed by atoms with Gasteiger partial charge in [-0.15, -0.1) is 0 Å². The smallest absolute Gasteiger partial charge is 0.287 e. The third-order valence-corrected chi connectivity index (χ3v) is 2.99. The molecule has 0 aromatic heterocycles. The lowest BCUT2D eigenvalue weighted by Gasteiger charge is -2.20. The van der Waals surface area contributed by atoms with E-state index < -0.39 is 10.8 Å². The van der Waals surface area contributed by atoms with Crippen LogP contribution in [0.25, 0.3) is 0 Å². The van der Waals surface area contributed by atoms with Crippen LogP contribution < -0.4 is 10.7 Å². The molecule has 24 heavy (non-hydrogen) atoms. The molecule has 1 aromatic rings. The van der Waals surface area contributed by atoms with Crippen LogP contribution in [0, 0.1) is 10.1 Å². The Bertz CT molecular complexity index is 695. The minimum Gasteiger partial charge on any atom is -0.351 e. The highest BCUT2D eigenvalue weighted by atomic mass is 35.5. The van der Waals surface area contributed by atoms with E-state index in [-0.39, 0.29) is 34.1 Å². The summed E-state index contributed by atoms with van der Waals surface area (Å²) < 4.78 is 0. The number of hydrazone groups is 1. The maximum absolute atomic E-state index is 11.9. The van der Waals surface area contributed by atoms with Crippen LogP contribution in [0.2, 0.25) is 5.02 Å². The summed E-state index contributed by atoms with van der Waals surface area (Å²) in [6, 6.07) is 3.60. The molecule has 0 saturated carbocycles. The van der Waals surface area contributed by atoms with Crippen molar-refractivity contribution in [2.45, 2.75) is 39.7 Å². The summed E-state index contributed by atoms with van der Waals surface area (Å²) in [6.45, 7) is 7.18. The number of carbonyl (C=O) groups is 2. The van der Waals surface area contributed by atoms with Gasteiger partial charge in [-0.25, -0.2) is 5.43 Å². The van der Waals surface area contributed by atoms with E-state index in [2.05, 4.69) is 15.8 Å². The number of carbonyl (C=O) groups excluding carboxylic acids is 2. The molecular weight excluding hydrogens is 336 g/mol. The Morgan fingerprint density at radius 1 is 1.33 bits per heavy atom. The molecule has 0 unspecified atom stereocenters. The summed E-state index contributed by atoms with van der Waals surface area (Å²) in [6.07, 6.45) is 0.0402. The zero-order valence-electron chi connectivity index (χ0n) is 13.8. The van der Waals surface area contributed by atoms with E-state index in [1.165, 1.54) is 12.1 Å². The van der Waals surface area contributed by atoms with E-state index in [0.717, 1.165) is 6.07 Å². The van der Waals surface area contributed by atoms with E-state index in [1.807, 2.05) is 20.8 Å². The molecule has 1 aromatic carbocycles. The van der Waals surface area contributed by atoms with Gasteiger partial charge in [0.25, 0.3) is 11.6 Å². The van der Waals surface area contributed by atoms with E-state index in [9.17, 15) is 19.7 Å². The number of nitro benzene ring substituents is 1. The summed E-state index contributed by atoms with van der Waals surface area (Å²) in [7, 11) is 0. The first-order chi connectivity index (χ1) is 11.0. The number of nitrogens with zero attached hydrogens (tertiary/aromatic N) is 2. The molecule has 0 aliphatic heterocycles. The van der Waals surface area contributed by atoms with Gasteiger partial charge in [-0.2, -0.15) is 5.10 Å². The average Bonchev–Trinajstić information content (AvgIpc) is 2.41. The van der Waals surface area contributed by atoms with Crippen molar-refractivity contribution in [3.05, 3.63) is 38.9 Å². The van der Waals surface area contributed by atoms with Crippen molar-refractivity contribution in [3.8, 4) is 0 Å². The Morgan fingerprint density at radius 2 is 1.96 bits per heavy atom. The quantitative estimate of drug-likeness (QED) is 0.480. The molecule has 2 N–H and O–H groups in total. The maximum Gasteiger partial charge on any atom is 0.287 e. The Kier molecular flexibility index (Phi) is 6.42. The largest absolute Gasteiger partial charge is 0.351 e. The molecule has 0 atom stereocenters. The highest BCUT2D eigenvalue weighted by Crippen LogP contribution is 2.24. The van der Waals surface area contributed by atoms with Crippen molar-refractivity contribution in [3.63, 3.8) is 0 Å². The number of nitro groups is 1. The Balaban J connectivity index is 2.69. The lowest BCUT2D eigenvalue weighted by molar-refractivity contribution is -0.384. The van der Waals surface area contributed by atoms with Gasteiger partial charge in [0.15, 0.2) is 0 Å². The second-order valence-electron chi connectivity index (χ2n) is 6.19. The summed E-state index contributed by atoms with van der Waals surface area (Å²) in [5, 5.41) is 17.2. The van der Waals surface area contributed by atoms with E-state index in [1.54, 1.807) is 6.92 Å². The van der Waals surface area contributed by atoms with Crippen LogP contribution in [0.4, 0.5) is 5.69 Å². The van der Waals surface area contributed by atoms with Gasteiger partial charge in [-0.05, 0) is 39.8 Å². The van der Waals surface area contributed by atoms with Gasteiger partial charge in [0.1, 0.15) is 5.02 Å². The molecule has 0 saturated heterocycles. The summed E-state index contributed by atoms with van der Waals surface area (Å²) in [5.74, 6) is -0.793. The maximum atomic E-state index is 11.9. The topological polar surface area (TPSA) is 114 Å². The van der Waals surface area contributed by atoms with Crippen LogP contribution in [0.15, 0.2) is 23.3 Å². The third-order valence-electron chi connectivity index (χ3n) is 2.69. The zero-order valence-corrected chi connectivity index (χ0v) is 14.6. The second-order valence-corrected chi connectivity index (χ2v) is 6.59. The molecule has 2 amide bonds. The second kappa shape index (κ2) is 7.87. The van der Waals surface area contributed by atoms with Crippen molar-refractivity contribution in [1.29, 1.82) is 0 Å². The lowest BCUT2D eigenvalue weighted by atomic mass is 10.1. The van der Waals surface area contributed by atoms with E-state index >= 15 is 0 Å². The number of nitrogens with one attached hydrogen (secondary N) is 2. The molecule has 0 heterocycles. The van der Waals surface area contributed by atoms with Crippen molar-refractivity contribution < 1.29 is 14.5 Å². The van der Waals surface area contributed by atoms with Gasteiger partial charge >= 0.3 is 0 Å². The molecule has 9 heteroatoms. The number of benzene rings is 1. The summed E-state index contributed by atoms with van der Waals surface area (Å²) >= 11 is 5.75. The normalized spacial score (nSPS) is 11.8. The molecule has 0 spiro atoms. The molecule has 0 radical (unpaired) electrons. The predicted molar refractivity (Wildman–Crippen MR) is 91.2 cm³/mol. The minimum atomic E-state index is -0.639. The SMILES string of the molecule is C/C(CC(=O)NC(C)(C)C)=N\NC(=O)c1ccc([N+](=O)[O-])c(Cl)c1. The molecule has 0 bridgehead atoms. The van der Waals surface area contributed by atoms with Gasteiger partial charge in [0.05, 0.1) is 11.3 Å². The fourth-order valence-corrected chi connectivity index (χ4v) is 1.99. The van der Waals surface area contributed by atoms with E-state index in [0.29, 0.717) is 5.71 Å². The van der Waals surface area contributed by atoms with Crippen LogP contribution in [-0.2, 0) is 4.79 Å². The number of hydrogen-bond acceptors (Lipinski definition) is 5. The highest BCUT2D eigenvalue weighted by Gasteiger charge is 2.16. The van der Waals surface area contributed by atoms with Crippen LogP contribution in [-0.4, -0.2) is 28.0 Å². The van der Waals surface area contributed by atoms with Crippen molar-refractivity contribution >= 4 is 34.8 Å². The number of halogens is 1. The minimum absolute atomic E-state index is 0.0402. The van der Waals surface area contributed by atoms with Crippen molar-refractivity contribution in [2.24, 2.45) is 5.10 Å². The fraction of sp³-hybridized carbons (Fsp3) is 0.400. The van der Waals surface area contributed by atoms with Crippen molar-refractivity contribution in [1.82, 2.24) is 10.7 Å². The third kappa shape index (κ3) is 6.33. The van der Waals surface area contributed by atoms with Gasteiger partial charge < -0.3 is 5.32 Å². The van der Waals surface area contributed by atoms with Crippen LogP contribution in [0.1, 0.15) is 44.5 Å². The highest BCUT2D eigenvalue weighted by molar-refractivity contribution is 6.33. The van der Waals surface area contributed by atoms with Gasteiger partial charge in [-0.3, -0.25) is 19.7 Å². The molecule has 0 aliphatic carbocycles. The molecule has 8 nitrogen and oxygen atoms in total. The van der Waals surface area contributed by atoms with Crippen LogP contribution in [0.3, 0.4) is 0 Å². The van der Waals surface area contributed by atoms with Gasteiger partial charge in [0, 0.05) is 22.9 Å².